The fourth-order valence-electron chi connectivity index (χ4n) is 2.36. The molecule has 0 aliphatic carbocycles. The third-order valence-electron chi connectivity index (χ3n) is 3.47. The Morgan fingerprint density at radius 2 is 2.11 bits per heavy atom. The van der Waals surface area contributed by atoms with Gasteiger partial charge in [0.05, 0.1) is 19.8 Å². The van der Waals surface area contributed by atoms with E-state index in [-0.39, 0.29) is 11.9 Å². The normalized spacial score (nSPS) is 17.5. The third-order valence-corrected chi connectivity index (χ3v) is 3.47. The van der Waals surface area contributed by atoms with Gasteiger partial charge < -0.3 is 19.4 Å². The Morgan fingerprint density at radius 1 is 1.42 bits per heavy atom. The molecule has 106 valence electrons. The number of nitrogens with one attached hydrogen (secondary N) is 1. The Labute approximate surface area is 113 Å². The molecule has 1 aromatic heterocycles. The molecule has 0 bridgehead atoms. The van der Waals surface area contributed by atoms with Gasteiger partial charge in [-0.05, 0) is 26.8 Å². The van der Waals surface area contributed by atoms with Crippen molar-refractivity contribution in [2.45, 2.75) is 26.8 Å². The molecule has 2 heterocycles. The van der Waals surface area contributed by atoms with E-state index in [1.54, 1.807) is 0 Å². The summed E-state index contributed by atoms with van der Waals surface area (Å²) in [6, 6.07) is 2.13. The number of carbonyl (C=O) groups is 1. The van der Waals surface area contributed by atoms with E-state index in [1.165, 1.54) is 0 Å². The number of rotatable bonds is 4. The van der Waals surface area contributed by atoms with Crippen LogP contribution in [0.2, 0.25) is 0 Å². The van der Waals surface area contributed by atoms with Crippen LogP contribution in [0.15, 0.2) is 10.5 Å². The molecule has 0 aromatic carbocycles. The van der Waals surface area contributed by atoms with Gasteiger partial charge in [0.1, 0.15) is 11.5 Å². The minimum absolute atomic E-state index is 0.113. The number of amides is 1. The van der Waals surface area contributed by atoms with Crippen LogP contribution in [-0.2, 0) is 9.53 Å². The van der Waals surface area contributed by atoms with E-state index in [9.17, 15) is 4.79 Å². The molecule has 0 radical (unpaired) electrons. The second kappa shape index (κ2) is 6.21. The molecular weight excluding hydrogens is 244 g/mol. The third kappa shape index (κ3) is 3.58. The molecule has 1 amide bonds. The highest BCUT2D eigenvalue weighted by atomic mass is 16.5. The number of nitrogens with zero attached hydrogens (tertiary/aromatic N) is 1. The van der Waals surface area contributed by atoms with Crippen LogP contribution in [0.1, 0.15) is 30.0 Å². The second-order valence-electron chi connectivity index (χ2n) is 4.96. The van der Waals surface area contributed by atoms with Gasteiger partial charge in [-0.1, -0.05) is 0 Å². The van der Waals surface area contributed by atoms with Crippen molar-refractivity contribution in [3.63, 3.8) is 0 Å². The Bertz CT molecular complexity index is 436. The molecule has 1 fully saturated rings. The van der Waals surface area contributed by atoms with Crippen LogP contribution < -0.4 is 5.32 Å². The summed E-state index contributed by atoms with van der Waals surface area (Å²) in [5.74, 6) is 1.95. The summed E-state index contributed by atoms with van der Waals surface area (Å²) in [4.78, 5) is 13.9. The molecule has 2 rings (SSSR count). The molecule has 5 nitrogen and oxygen atoms in total. The summed E-state index contributed by atoms with van der Waals surface area (Å²) >= 11 is 0. The minimum Gasteiger partial charge on any atom is -0.466 e. The van der Waals surface area contributed by atoms with E-state index in [1.807, 2.05) is 31.7 Å². The van der Waals surface area contributed by atoms with Crippen LogP contribution in [0.25, 0.3) is 0 Å². The second-order valence-corrected chi connectivity index (χ2v) is 4.96. The summed E-state index contributed by atoms with van der Waals surface area (Å²) < 4.78 is 10.7. The van der Waals surface area contributed by atoms with Crippen LogP contribution >= 0.6 is 0 Å². The van der Waals surface area contributed by atoms with Gasteiger partial charge in [0.15, 0.2) is 0 Å². The first-order chi connectivity index (χ1) is 9.08. The van der Waals surface area contributed by atoms with Gasteiger partial charge in [0.25, 0.3) is 0 Å². The fraction of sp³-hybridized carbons (Fsp3) is 0.643. The van der Waals surface area contributed by atoms with Crippen LogP contribution in [0, 0.1) is 13.8 Å². The van der Waals surface area contributed by atoms with Gasteiger partial charge in [-0.15, -0.1) is 0 Å². The average molecular weight is 266 g/mol. The van der Waals surface area contributed by atoms with Gasteiger partial charge in [-0.3, -0.25) is 4.79 Å². The standard InChI is InChI=1S/C14H22N2O3/c1-10-8-13(12(3)19-10)11(2)15-9-14(17)16-4-6-18-7-5-16/h8,11,15H,4-7,9H2,1-3H3. The lowest BCUT2D eigenvalue weighted by Gasteiger charge is -2.27. The van der Waals surface area contributed by atoms with Crippen molar-refractivity contribution in [1.29, 1.82) is 0 Å². The summed E-state index contributed by atoms with van der Waals surface area (Å²) in [6.07, 6.45) is 0. The van der Waals surface area contributed by atoms with Crippen molar-refractivity contribution < 1.29 is 13.9 Å². The summed E-state index contributed by atoms with van der Waals surface area (Å²) in [6.45, 7) is 8.95. The lowest BCUT2D eigenvalue weighted by molar-refractivity contribution is -0.134. The van der Waals surface area contributed by atoms with Gasteiger partial charge in [-0.2, -0.15) is 0 Å². The molecule has 5 heteroatoms. The number of aryl methyl sites for hydroxylation is 2. The Morgan fingerprint density at radius 3 is 2.68 bits per heavy atom. The summed E-state index contributed by atoms with van der Waals surface area (Å²) in [5.41, 5.74) is 1.12. The molecular formula is C14H22N2O3. The van der Waals surface area contributed by atoms with Crippen molar-refractivity contribution in [2.75, 3.05) is 32.8 Å². The SMILES string of the molecule is Cc1cc(C(C)NCC(=O)N2CCOCC2)c(C)o1. The molecule has 1 saturated heterocycles. The number of hydrogen-bond donors (Lipinski definition) is 1. The summed E-state index contributed by atoms with van der Waals surface area (Å²) in [5, 5.41) is 3.26. The van der Waals surface area contributed by atoms with Crippen molar-refractivity contribution in [3.8, 4) is 0 Å². The Kier molecular flexibility index (Phi) is 4.61. The maximum atomic E-state index is 12.0. The lowest BCUT2D eigenvalue weighted by Crippen LogP contribution is -2.45. The molecule has 1 N–H and O–H groups in total. The largest absolute Gasteiger partial charge is 0.466 e. The lowest BCUT2D eigenvalue weighted by atomic mass is 10.1. The number of furan rings is 1. The highest BCUT2D eigenvalue weighted by Crippen LogP contribution is 2.20. The monoisotopic (exact) mass is 266 g/mol. The van der Waals surface area contributed by atoms with Gasteiger partial charge >= 0.3 is 0 Å². The average Bonchev–Trinajstić information content (AvgIpc) is 2.75. The first-order valence-corrected chi connectivity index (χ1v) is 6.73. The predicted octanol–water partition coefficient (Wildman–Crippen LogP) is 1.41. The molecule has 1 atom stereocenters. The molecule has 19 heavy (non-hydrogen) atoms. The Hall–Kier alpha value is -1.33. The van der Waals surface area contributed by atoms with Gasteiger partial charge in [-0.25, -0.2) is 0 Å². The highest BCUT2D eigenvalue weighted by molar-refractivity contribution is 5.78. The molecule has 1 aromatic rings. The topological polar surface area (TPSA) is 54.7 Å². The van der Waals surface area contributed by atoms with Crippen molar-refractivity contribution in [3.05, 3.63) is 23.2 Å². The summed E-state index contributed by atoms with van der Waals surface area (Å²) in [7, 11) is 0. The van der Waals surface area contributed by atoms with E-state index >= 15 is 0 Å². The van der Waals surface area contributed by atoms with Gasteiger partial charge in [0, 0.05) is 24.7 Å². The number of carbonyl (C=O) groups excluding carboxylic acids is 1. The zero-order chi connectivity index (χ0) is 13.8. The zero-order valence-corrected chi connectivity index (χ0v) is 11.9. The van der Waals surface area contributed by atoms with Crippen LogP contribution in [0.3, 0.4) is 0 Å². The zero-order valence-electron chi connectivity index (χ0n) is 11.9. The maximum absolute atomic E-state index is 12.0. The first-order valence-electron chi connectivity index (χ1n) is 6.73. The van der Waals surface area contributed by atoms with E-state index < -0.39 is 0 Å². The molecule has 1 aliphatic rings. The number of hydrogen-bond acceptors (Lipinski definition) is 4. The fourth-order valence-corrected chi connectivity index (χ4v) is 2.36. The van der Waals surface area contributed by atoms with Crippen LogP contribution in [0.4, 0.5) is 0 Å². The van der Waals surface area contributed by atoms with E-state index in [2.05, 4.69) is 5.32 Å². The van der Waals surface area contributed by atoms with Gasteiger partial charge in [0.2, 0.25) is 5.91 Å². The van der Waals surface area contributed by atoms with Crippen molar-refractivity contribution in [1.82, 2.24) is 10.2 Å². The molecule has 1 unspecified atom stereocenters. The van der Waals surface area contributed by atoms with Crippen molar-refractivity contribution in [2.24, 2.45) is 0 Å². The molecule has 0 spiro atoms. The van der Waals surface area contributed by atoms with Crippen LogP contribution in [0.5, 0.6) is 0 Å². The van der Waals surface area contributed by atoms with E-state index in [0.717, 1.165) is 17.1 Å². The van der Waals surface area contributed by atoms with E-state index in [0.29, 0.717) is 32.8 Å². The van der Waals surface area contributed by atoms with Crippen molar-refractivity contribution >= 4 is 5.91 Å². The quantitative estimate of drug-likeness (QED) is 0.895. The minimum atomic E-state index is 0.113. The number of ether oxygens (including phenoxy) is 1. The van der Waals surface area contributed by atoms with E-state index in [4.69, 9.17) is 9.15 Å². The highest BCUT2D eigenvalue weighted by Gasteiger charge is 2.18. The number of morpholine rings is 1. The maximum Gasteiger partial charge on any atom is 0.236 e. The Balaban J connectivity index is 1.84. The first kappa shape index (κ1) is 14.1. The predicted molar refractivity (Wildman–Crippen MR) is 72.0 cm³/mol. The smallest absolute Gasteiger partial charge is 0.236 e. The molecule has 0 saturated carbocycles. The molecule has 1 aliphatic heterocycles. The van der Waals surface area contributed by atoms with Crippen LogP contribution in [-0.4, -0.2) is 43.7 Å².